The first-order chi connectivity index (χ1) is 13.7. The number of anilines is 2. The Hall–Kier alpha value is -2.35. The molecule has 3 aromatic carbocycles. The zero-order chi connectivity index (χ0) is 19.2. The van der Waals surface area contributed by atoms with Crippen LogP contribution in [0.1, 0.15) is 5.56 Å². The first-order valence-electron chi connectivity index (χ1n) is 8.55. The number of thioether (sulfide) groups is 1. The maximum atomic E-state index is 5.81. The van der Waals surface area contributed by atoms with Gasteiger partial charge in [-0.1, -0.05) is 69.4 Å². The van der Waals surface area contributed by atoms with Crippen molar-refractivity contribution >= 4 is 49.8 Å². The van der Waals surface area contributed by atoms with Crippen molar-refractivity contribution in [1.29, 1.82) is 0 Å². The van der Waals surface area contributed by atoms with Crippen LogP contribution < -0.4 is 10.1 Å². The highest BCUT2D eigenvalue weighted by atomic mass is 79.9. The van der Waals surface area contributed by atoms with Gasteiger partial charge in [0.1, 0.15) is 11.5 Å². The van der Waals surface area contributed by atoms with E-state index in [2.05, 4.69) is 43.6 Å². The number of halogens is 1. The fourth-order valence-corrected chi connectivity index (χ4v) is 4.39. The third-order valence-electron chi connectivity index (χ3n) is 3.77. The van der Waals surface area contributed by atoms with Crippen LogP contribution in [0.4, 0.5) is 10.8 Å². The lowest BCUT2D eigenvalue weighted by molar-refractivity contribution is 0.483. The van der Waals surface area contributed by atoms with Crippen LogP contribution in [0.3, 0.4) is 0 Å². The summed E-state index contributed by atoms with van der Waals surface area (Å²) in [6.07, 6.45) is 0. The molecule has 0 radical (unpaired) electrons. The highest BCUT2D eigenvalue weighted by Crippen LogP contribution is 2.31. The third kappa shape index (κ3) is 5.34. The summed E-state index contributed by atoms with van der Waals surface area (Å²) in [6, 6.07) is 25.8. The fraction of sp³-hybridized carbons (Fsp3) is 0.0476. The standard InChI is InChI=1S/C21H16BrN3OS2/c22-16-8-6-15(7-9-16)14-27-21-25-24-20(28-21)23-17-10-12-19(13-11-17)26-18-4-2-1-3-5-18/h1-13H,14H2,(H,23,24). The molecule has 0 saturated heterocycles. The van der Waals surface area contributed by atoms with Crippen molar-refractivity contribution in [3.8, 4) is 11.5 Å². The Labute approximate surface area is 180 Å². The Morgan fingerprint density at radius 2 is 1.57 bits per heavy atom. The minimum Gasteiger partial charge on any atom is -0.457 e. The van der Waals surface area contributed by atoms with Gasteiger partial charge in [0.05, 0.1) is 0 Å². The predicted octanol–water partition coefficient (Wildman–Crippen LogP) is 7.13. The van der Waals surface area contributed by atoms with E-state index in [-0.39, 0.29) is 0 Å². The first kappa shape index (κ1) is 19.0. The molecule has 4 nitrogen and oxygen atoms in total. The molecular weight excluding hydrogens is 454 g/mol. The Bertz CT molecular complexity index is 1020. The number of rotatable bonds is 7. The third-order valence-corrected chi connectivity index (χ3v) is 6.34. The van der Waals surface area contributed by atoms with Crippen molar-refractivity contribution in [3.63, 3.8) is 0 Å². The molecule has 0 unspecified atom stereocenters. The van der Waals surface area contributed by atoms with Gasteiger partial charge in [0, 0.05) is 15.9 Å². The van der Waals surface area contributed by atoms with Crippen LogP contribution in [0.2, 0.25) is 0 Å². The summed E-state index contributed by atoms with van der Waals surface area (Å²) in [5.74, 6) is 2.48. The van der Waals surface area contributed by atoms with E-state index in [1.54, 1.807) is 23.1 Å². The van der Waals surface area contributed by atoms with Gasteiger partial charge in [0.15, 0.2) is 4.34 Å². The lowest BCUT2D eigenvalue weighted by Gasteiger charge is -2.06. The normalized spacial score (nSPS) is 10.6. The number of aromatic nitrogens is 2. The van der Waals surface area contributed by atoms with E-state index >= 15 is 0 Å². The Kier molecular flexibility index (Phi) is 6.26. The van der Waals surface area contributed by atoms with Crippen LogP contribution in [-0.2, 0) is 5.75 Å². The van der Waals surface area contributed by atoms with Gasteiger partial charge in [-0.05, 0) is 54.1 Å². The second-order valence-electron chi connectivity index (χ2n) is 5.85. The minimum absolute atomic E-state index is 0.773. The number of nitrogens with one attached hydrogen (secondary N) is 1. The number of ether oxygens (including phenoxy) is 1. The van der Waals surface area contributed by atoms with Gasteiger partial charge < -0.3 is 10.1 Å². The molecule has 1 N–H and O–H groups in total. The lowest BCUT2D eigenvalue weighted by atomic mass is 10.2. The summed E-state index contributed by atoms with van der Waals surface area (Å²) < 4.78 is 7.84. The van der Waals surface area contributed by atoms with Gasteiger partial charge in [-0.15, -0.1) is 10.2 Å². The van der Waals surface area contributed by atoms with Crippen molar-refractivity contribution < 1.29 is 4.74 Å². The Morgan fingerprint density at radius 3 is 2.32 bits per heavy atom. The molecule has 4 aromatic rings. The molecule has 0 aliphatic heterocycles. The summed E-state index contributed by atoms with van der Waals surface area (Å²) in [6.45, 7) is 0. The van der Waals surface area contributed by atoms with Gasteiger partial charge in [0.2, 0.25) is 5.13 Å². The van der Waals surface area contributed by atoms with E-state index < -0.39 is 0 Å². The molecule has 4 rings (SSSR count). The molecule has 0 spiro atoms. The number of benzene rings is 3. The van der Waals surface area contributed by atoms with Gasteiger partial charge >= 0.3 is 0 Å². The van der Waals surface area contributed by atoms with Crippen LogP contribution >= 0.6 is 39.0 Å². The molecular formula is C21H16BrN3OS2. The molecule has 7 heteroatoms. The van der Waals surface area contributed by atoms with Crippen molar-refractivity contribution in [3.05, 3.63) is 88.9 Å². The highest BCUT2D eigenvalue weighted by Gasteiger charge is 2.06. The predicted molar refractivity (Wildman–Crippen MR) is 120 cm³/mol. The van der Waals surface area contributed by atoms with E-state index in [1.165, 1.54) is 5.56 Å². The maximum absolute atomic E-state index is 5.81. The summed E-state index contributed by atoms with van der Waals surface area (Å²) in [5.41, 5.74) is 2.20. The van der Waals surface area contributed by atoms with Crippen LogP contribution in [0.25, 0.3) is 0 Å². The summed E-state index contributed by atoms with van der Waals surface area (Å²) in [5, 5.41) is 12.5. The second kappa shape index (κ2) is 9.23. The molecule has 0 saturated carbocycles. The van der Waals surface area contributed by atoms with E-state index in [4.69, 9.17) is 4.74 Å². The highest BCUT2D eigenvalue weighted by molar-refractivity contribution is 9.10. The summed E-state index contributed by atoms with van der Waals surface area (Å²) in [7, 11) is 0. The SMILES string of the molecule is Brc1ccc(CSc2nnc(Nc3ccc(Oc4ccccc4)cc3)s2)cc1. The van der Waals surface area contributed by atoms with Crippen LogP contribution in [0.15, 0.2) is 87.7 Å². The van der Waals surface area contributed by atoms with E-state index in [0.717, 1.165) is 36.9 Å². The van der Waals surface area contributed by atoms with Crippen molar-refractivity contribution in [2.45, 2.75) is 10.1 Å². The topological polar surface area (TPSA) is 47.0 Å². The quantitative estimate of drug-likeness (QED) is 0.291. The number of hydrogen-bond acceptors (Lipinski definition) is 6. The van der Waals surface area contributed by atoms with Crippen molar-refractivity contribution in [1.82, 2.24) is 10.2 Å². The van der Waals surface area contributed by atoms with E-state index in [1.807, 2.05) is 66.7 Å². The first-order valence-corrected chi connectivity index (χ1v) is 11.1. The molecule has 0 aliphatic carbocycles. The molecule has 28 heavy (non-hydrogen) atoms. The average molecular weight is 470 g/mol. The van der Waals surface area contributed by atoms with Crippen LogP contribution in [-0.4, -0.2) is 10.2 Å². The Balaban J connectivity index is 1.32. The van der Waals surface area contributed by atoms with Crippen LogP contribution in [0, 0.1) is 0 Å². The van der Waals surface area contributed by atoms with Crippen molar-refractivity contribution in [2.75, 3.05) is 5.32 Å². The monoisotopic (exact) mass is 469 g/mol. The molecule has 0 fully saturated rings. The summed E-state index contributed by atoms with van der Waals surface area (Å²) >= 11 is 6.68. The maximum Gasteiger partial charge on any atom is 0.210 e. The number of nitrogens with zero attached hydrogens (tertiary/aromatic N) is 2. The molecule has 0 atom stereocenters. The average Bonchev–Trinajstić information content (AvgIpc) is 3.17. The lowest BCUT2D eigenvalue weighted by Crippen LogP contribution is -1.90. The van der Waals surface area contributed by atoms with Crippen LogP contribution in [0.5, 0.6) is 11.5 Å². The van der Waals surface area contributed by atoms with Gasteiger partial charge in [-0.3, -0.25) is 0 Å². The largest absolute Gasteiger partial charge is 0.457 e. The fourth-order valence-electron chi connectivity index (χ4n) is 2.40. The van der Waals surface area contributed by atoms with Crippen molar-refractivity contribution in [2.24, 2.45) is 0 Å². The summed E-state index contributed by atoms with van der Waals surface area (Å²) in [4.78, 5) is 0. The van der Waals surface area contributed by atoms with Gasteiger partial charge in [-0.25, -0.2) is 0 Å². The molecule has 0 bridgehead atoms. The Morgan fingerprint density at radius 1 is 0.857 bits per heavy atom. The molecule has 0 aliphatic rings. The number of para-hydroxylation sites is 1. The number of hydrogen-bond donors (Lipinski definition) is 1. The molecule has 140 valence electrons. The molecule has 1 aromatic heterocycles. The van der Waals surface area contributed by atoms with E-state index in [0.29, 0.717) is 0 Å². The molecule has 1 heterocycles. The van der Waals surface area contributed by atoms with Gasteiger partial charge in [-0.2, -0.15) is 0 Å². The zero-order valence-electron chi connectivity index (χ0n) is 14.7. The minimum atomic E-state index is 0.773. The zero-order valence-corrected chi connectivity index (χ0v) is 17.9. The van der Waals surface area contributed by atoms with Gasteiger partial charge in [0.25, 0.3) is 0 Å². The smallest absolute Gasteiger partial charge is 0.210 e. The van der Waals surface area contributed by atoms with E-state index in [9.17, 15) is 0 Å². The second-order valence-corrected chi connectivity index (χ2v) is 8.97. The molecule has 0 amide bonds.